The number of nitrogens with zero attached hydrogens (tertiary/aromatic N) is 2. The molecule has 2 amide bonds. The van der Waals surface area contributed by atoms with Crippen molar-refractivity contribution >= 4 is 34.4 Å². The molecular weight excluding hydrogens is 400 g/mol. The van der Waals surface area contributed by atoms with Crippen LogP contribution < -0.4 is 10.6 Å². The molecule has 0 aliphatic rings. The van der Waals surface area contributed by atoms with Crippen LogP contribution in [-0.2, 0) is 17.8 Å². The molecule has 0 saturated heterocycles. The maximum atomic E-state index is 12.4. The van der Waals surface area contributed by atoms with Crippen LogP contribution in [0.1, 0.15) is 42.4 Å². The Hall–Kier alpha value is -2.86. The fourth-order valence-electron chi connectivity index (χ4n) is 3.25. The minimum absolute atomic E-state index is 0.0103. The van der Waals surface area contributed by atoms with E-state index in [9.17, 15) is 9.59 Å². The molecule has 7 heteroatoms. The van der Waals surface area contributed by atoms with Crippen molar-refractivity contribution in [2.75, 3.05) is 13.1 Å². The summed E-state index contributed by atoms with van der Waals surface area (Å²) in [4.78, 5) is 29.3. The Morgan fingerprint density at radius 2 is 1.73 bits per heavy atom. The summed E-state index contributed by atoms with van der Waals surface area (Å²) in [6.45, 7) is 3.55. The molecule has 0 unspecified atom stereocenters. The summed E-state index contributed by atoms with van der Waals surface area (Å²) in [6.07, 6.45) is 3.40. The van der Waals surface area contributed by atoms with E-state index in [0.29, 0.717) is 30.1 Å². The Bertz CT molecular complexity index is 998. The summed E-state index contributed by atoms with van der Waals surface area (Å²) in [5, 5.41) is 6.48. The fraction of sp³-hybridized carbons (Fsp3) is 0.348. The molecule has 3 aromatic rings. The van der Waals surface area contributed by atoms with E-state index < -0.39 is 0 Å². The second kappa shape index (κ2) is 10.8. The molecular formula is C23H27ClN4O2. The number of unbranched alkanes of at least 4 members (excludes halogenated alkanes) is 1. The zero-order valence-electron chi connectivity index (χ0n) is 17.2. The lowest BCUT2D eigenvalue weighted by atomic mass is 10.2. The van der Waals surface area contributed by atoms with Gasteiger partial charge in [-0.1, -0.05) is 37.1 Å². The summed E-state index contributed by atoms with van der Waals surface area (Å²) < 4.78 is 1.97. The van der Waals surface area contributed by atoms with Crippen LogP contribution in [0.5, 0.6) is 0 Å². The number of amides is 2. The second-order valence-electron chi connectivity index (χ2n) is 7.17. The lowest BCUT2D eigenvalue weighted by Gasteiger charge is -2.10. The Morgan fingerprint density at radius 1 is 1.00 bits per heavy atom. The number of carbonyl (C=O) groups is 2. The van der Waals surface area contributed by atoms with Crippen molar-refractivity contribution in [2.24, 2.45) is 0 Å². The monoisotopic (exact) mass is 426 g/mol. The number of fused-ring (bicyclic) bond motifs is 1. The summed E-state index contributed by atoms with van der Waals surface area (Å²) >= 11 is 5.86. The van der Waals surface area contributed by atoms with E-state index in [-0.39, 0.29) is 18.4 Å². The Balaban J connectivity index is 1.60. The molecule has 158 valence electrons. The molecule has 2 N–H and O–H groups in total. The first-order chi connectivity index (χ1) is 14.6. The molecule has 3 rings (SSSR count). The largest absolute Gasteiger partial charge is 0.355 e. The van der Waals surface area contributed by atoms with Crippen molar-refractivity contribution < 1.29 is 9.59 Å². The molecule has 0 saturated carbocycles. The first kappa shape index (κ1) is 21.8. The highest BCUT2D eigenvalue weighted by Crippen LogP contribution is 2.17. The molecule has 0 bridgehead atoms. The number of rotatable bonds is 10. The van der Waals surface area contributed by atoms with Crippen LogP contribution >= 0.6 is 11.6 Å². The number of carbonyl (C=O) groups excluding carboxylic acids is 2. The molecule has 0 radical (unpaired) electrons. The smallest absolute Gasteiger partial charge is 0.251 e. The van der Waals surface area contributed by atoms with Gasteiger partial charge in [0.05, 0.1) is 11.0 Å². The van der Waals surface area contributed by atoms with Gasteiger partial charge in [0.15, 0.2) is 0 Å². The summed E-state index contributed by atoms with van der Waals surface area (Å²) in [5.74, 6) is 0.710. The minimum Gasteiger partial charge on any atom is -0.355 e. The van der Waals surface area contributed by atoms with Crippen molar-refractivity contribution in [1.82, 2.24) is 20.2 Å². The third-order valence-corrected chi connectivity index (χ3v) is 5.11. The van der Waals surface area contributed by atoms with Crippen LogP contribution in [0, 0.1) is 0 Å². The molecule has 2 aromatic carbocycles. The number of para-hydroxylation sites is 2. The van der Waals surface area contributed by atoms with Crippen molar-refractivity contribution in [1.29, 1.82) is 0 Å². The first-order valence-corrected chi connectivity index (χ1v) is 10.7. The number of benzene rings is 2. The van der Waals surface area contributed by atoms with Crippen LogP contribution in [0.15, 0.2) is 48.5 Å². The van der Waals surface area contributed by atoms with Gasteiger partial charge in [-0.3, -0.25) is 9.59 Å². The fourth-order valence-corrected chi connectivity index (χ4v) is 3.37. The average Bonchev–Trinajstić information content (AvgIpc) is 3.09. The quantitative estimate of drug-likeness (QED) is 0.481. The highest BCUT2D eigenvalue weighted by atomic mass is 35.5. The first-order valence-electron chi connectivity index (χ1n) is 10.3. The number of nitrogens with one attached hydrogen (secondary N) is 2. The SMILES string of the molecule is CCCCNC(=O)Cn1c(CCCNC(=O)c2ccc(Cl)cc2)nc2ccccc21. The van der Waals surface area contributed by atoms with Gasteiger partial charge < -0.3 is 15.2 Å². The molecule has 1 aromatic heterocycles. The van der Waals surface area contributed by atoms with Crippen LogP contribution in [-0.4, -0.2) is 34.5 Å². The predicted octanol–water partition coefficient (Wildman–Crippen LogP) is 3.97. The zero-order valence-corrected chi connectivity index (χ0v) is 17.9. The predicted molar refractivity (Wildman–Crippen MR) is 120 cm³/mol. The van der Waals surface area contributed by atoms with E-state index in [1.165, 1.54) is 0 Å². The van der Waals surface area contributed by atoms with E-state index in [1.807, 2.05) is 28.8 Å². The van der Waals surface area contributed by atoms with E-state index in [1.54, 1.807) is 24.3 Å². The van der Waals surface area contributed by atoms with Crippen LogP contribution in [0.3, 0.4) is 0 Å². The van der Waals surface area contributed by atoms with Gasteiger partial charge in [0.25, 0.3) is 5.91 Å². The standard InChI is InChI=1S/C23H27ClN4O2/c1-2-3-14-25-22(29)16-28-20-8-5-4-7-19(20)27-21(28)9-6-15-26-23(30)17-10-12-18(24)13-11-17/h4-5,7-8,10-13H,2-3,6,9,14-16H2,1H3,(H,25,29)(H,26,30). The number of aromatic nitrogens is 2. The number of imidazole rings is 1. The van der Waals surface area contributed by atoms with Gasteiger partial charge >= 0.3 is 0 Å². The molecule has 0 aliphatic carbocycles. The molecule has 1 heterocycles. The average molecular weight is 427 g/mol. The van der Waals surface area contributed by atoms with E-state index >= 15 is 0 Å². The zero-order chi connectivity index (χ0) is 21.3. The van der Waals surface area contributed by atoms with Crippen molar-refractivity contribution in [2.45, 2.75) is 39.2 Å². The van der Waals surface area contributed by atoms with E-state index in [2.05, 4.69) is 17.6 Å². The summed E-state index contributed by atoms with van der Waals surface area (Å²) in [7, 11) is 0. The second-order valence-corrected chi connectivity index (χ2v) is 7.61. The number of aryl methyl sites for hydroxylation is 1. The summed E-state index contributed by atoms with van der Waals surface area (Å²) in [5.41, 5.74) is 2.40. The highest BCUT2D eigenvalue weighted by molar-refractivity contribution is 6.30. The van der Waals surface area contributed by atoms with Gasteiger partial charge in [0, 0.05) is 30.1 Å². The molecule has 0 atom stereocenters. The Labute approximate surface area is 181 Å². The van der Waals surface area contributed by atoms with Crippen molar-refractivity contribution in [3.05, 3.63) is 64.9 Å². The van der Waals surface area contributed by atoms with E-state index in [4.69, 9.17) is 16.6 Å². The van der Waals surface area contributed by atoms with Gasteiger partial charge in [-0.05, 0) is 49.2 Å². The van der Waals surface area contributed by atoms with Gasteiger partial charge in [-0.25, -0.2) is 4.98 Å². The normalized spacial score (nSPS) is 10.9. The Morgan fingerprint density at radius 3 is 2.50 bits per heavy atom. The minimum atomic E-state index is -0.129. The van der Waals surface area contributed by atoms with Crippen molar-refractivity contribution in [3.63, 3.8) is 0 Å². The van der Waals surface area contributed by atoms with Gasteiger partial charge in [0.2, 0.25) is 5.91 Å². The van der Waals surface area contributed by atoms with Crippen LogP contribution in [0.4, 0.5) is 0 Å². The van der Waals surface area contributed by atoms with Gasteiger partial charge in [-0.2, -0.15) is 0 Å². The lowest BCUT2D eigenvalue weighted by molar-refractivity contribution is -0.121. The molecule has 30 heavy (non-hydrogen) atoms. The third kappa shape index (κ3) is 5.83. The number of hydrogen-bond donors (Lipinski definition) is 2. The highest BCUT2D eigenvalue weighted by Gasteiger charge is 2.13. The topological polar surface area (TPSA) is 76.0 Å². The lowest BCUT2D eigenvalue weighted by Crippen LogP contribution is -2.29. The Kier molecular flexibility index (Phi) is 7.85. The maximum absolute atomic E-state index is 12.4. The van der Waals surface area contributed by atoms with E-state index in [0.717, 1.165) is 36.1 Å². The van der Waals surface area contributed by atoms with Crippen LogP contribution in [0.25, 0.3) is 11.0 Å². The summed E-state index contributed by atoms with van der Waals surface area (Å²) in [6, 6.07) is 14.6. The molecule has 0 fully saturated rings. The number of halogens is 1. The molecule has 6 nitrogen and oxygen atoms in total. The third-order valence-electron chi connectivity index (χ3n) is 4.86. The maximum Gasteiger partial charge on any atom is 0.251 e. The number of hydrogen-bond acceptors (Lipinski definition) is 3. The molecule has 0 spiro atoms. The van der Waals surface area contributed by atoms with Crippen molar-refractivity contribution in [3.8, 4) is 0 Å². The van der Waals surface area contributed by atoms with Gasteiger partial charge in [-0.15, -0.1) is 0 Å². The molecule has 0 aliphatic heterocycles. The van der Waals surface area contributed by atoms with Crippen LogP contribution in [0.2, 0.25) is 5.02 Å². The van der Waals surface area contributed by atoms with Gasteiger partial charge in [0.1, 0.15) is 12.4 Å².